The molecule has 0 aliphatic carbocycles. The van der Waals surface area contributed by atoms with E-state index in [1.165, 1.54) is 37.9 Å². The van der Waals surface area contributed by atoms with Gasteiger partial charge in [-0.2, -0.15) is 0 Å². The van der Waals surface area contributed by atoms with E-state index in [9.17, 15) is 5.11 Å². The van der Waals surface area contributed by atoms with E-state index in [1.807, 2.05) is 18.3 Å². The smallest absolute Gasteiger partial charge is 0.116 e. The van der Waals surface area contributed by atoms with Crippen molar-refractivity contribution in [2.24, 2.45) is 11.8 Å². The number of hydrogen-bond acceptors (Lipinski definition) is 4. The zero-order chi connectivity index (χ0) is 15.4. The van der Waals surface area contributed by atoms with Gasteiger partial charge in [0, 0.05) is 30.8 Å². The monoisotopic (exact) mass is 310 g/mol. The lowest BCUT2D eigenvalue weighted by molar-refractivity contribution is -0.116. The van der Waals surface area contributed by atoms with Crippen molar-refractivity contribution in [3.63, 3.8) is 0 Å². The Labute approximate surface area is 136 Å². The number of fused-ring (bicyclic) bond motifs is 5. The van der Waals surface area contributed by atoms with Crippen LogP contribution in [-0.2, 0) is 4.74 Å². The molecule has 5 atom stereocenters. The van der Waals surface area contributed by atoms with Crippen molar-refractivity contribution in [1.29, 1.82) is 0 Å². The SMILES string of the molecule is Oc1ccc2nccc([C@@H]3OCCC4CN5CCC4C[C@H]35)c2c1. The second-order valence-electron chi connectivity index (χ2n) is 7.29. The molecule has 120 valence electrons. The summed E-state index contributed by atoms with van der Waals surface area (Å²) in [5.74, 6) is 2.00. The summed E-state index contributed by atoms with van der Waals surface area (Å²) in [5.41, 5.74) is 2.11. The molecule has 2 aromatic rings. The highest BCUT2D eigenvalue weighted by Gasteiger charge is 2.45. The molecule has 23 heavy (non-hydrogen) atoms. The van der Waals surface area contributed by atoms with Crippen LogP contribution >= 0.6 is 0 Å². The van der Waals surface area contributed by atoms with Gasteiger partial charge in [0.1, 0.15) is 5.75 Å². The number of aromatic nitrogens is 1. The molecule has 6 heterocycles. The molecule has 7 rings (SSSR count). The number of phenolic OH excluding ortho intramolecular Hbond substituents is 1. The normalized spacial score (nSPS) is 36.1. The molecule has 5 fully saturated rings. The third kappa shape index (κ3) is 2.16. The van der Waals surface area contributed by atoms with Crippen molar-refractivity contribution in [2.45, 2.75) is 31.4 Å². The van der Waals surface area contributed by atoms with Crippen LogP contribution in [0.3, 0.4) is 0 Å². The number of ether oxygens (including phenoxy) is 1. The van der Waals surface area contributed by atoms with Crippen LogP contribution in [0.25, 0.3) is 10.9 Å². The first-order chi connectivity index (χ1) is 11.3. The fourth-order valence-corrected chi connectivity index (χ4v) is 4.98. The third-order valence-electron chi connectivity index (χ3n) is 6.14. The van der Waals surface area contributed by atoms with E-state index in [1.54, 1.807) is 6.07 Å². The minimum absolute atomic E-state index is 0.0892. The highest BCUT2D eigenvalue weighted by molar-refractivity contribution is 5.83. The molecule has 4 nitrogen and oxygen atoms in total. The number of nitrogens with zero attached hydrogens (tertiary/aromatic N) is 2. The second kappa shape index (κ2) is 5.18. The van der Waals surface area contributed by atoms with Gasteiger partial charge in [-0.25, -0.2) is 0 Å². The van der Waals surface area contributed by atoms with E-state index >= 15 is 0 Å². The number of rotatable bonds is 1. The van der Waals surface area contributed by atoms with Crippen LogP contribution in [0.1, 0.15) is 30.9 Å². The van der Waals surface area contributed by atoms with Crippen LogP contribution in [0.5, 0.6) is 5.75 Å². The van der Waals surface area contributed by atoms with Crippen molar-refractivity contribution in [2.75, 3.05) is 19.7 Å². The number of pyridine rings is 1. The first-order valence-electron chi connectivity index (χ1n) is 8.73. The summed E-state index contributed by atoms with van der Waals surface area (Å²) in [4.78, 5) is 7.09. The molecule has 0 amide bonds. The standard InChI is InChI=1S/C19H22N2O2/c22-14-1-2-17-16(10-14)15(3-6-20-17)19-18-9-12-4-7-21(18)11-13(12)5-8-23-19/h1-3,6,10,12-13,18-19,22H,4-5,7-9,11H2/t12?,13?,18-,19+/m1/s1. The van der Waals surface area contributed by atoms with Gasteiger partial charge in [0.15, 0.2) is 0 Å². The number of hydrogen-bond donors (Lipinski definition) is 1. The van der Waals surface area contributed by atoms with Crippen LogP contribution in [0.2, 0.25) is 0 Å². The molecule has 5 aliphatic heterocycles. The molecule has 0 radical (unpaired) electrons. The minimum Gasteiger partial charge on any atom is -0.508 e. The average Bonchev–Trinajstić information content (AvgIpc) is 2.56. The predicted molar refractivity (Wildman–Crippen MR) is 88.3 cm³/mol. The van der Waals surface area contributed by atoms with Gasteiger partial charge in [0.05, 0.1) is 11.6 Å². The fourth-order valence-electron chi connectivity index (χ4n) is 4.98. The highest BCUT2D eigenvalue weighted by Crippen LogP contribution is 2.46. The van der Waals surface area contributed by atoms with E-state index < -0.39 is 0 Å². The van der Waals surface area contributed by atoms with Crippen LogP contribution in [-0.4, -0.2) is 40.7 Å². The van der Waals surface area contributed by atoms with Crippen LogP contribution < -0.4 is 0 Å². The van der Waals surface area contributed by atoms with Crippen molar-refractivity contribution < 1.29 is 9.84 Å². The Bertz CT molecular complexity index is 747. The average molecular weight is 310 g/mol. The molecular weight excluding hydrogens is 288 g/mol. The van der Waals surface area contributed by atoms with Crippen molar-refractivity contribution in [3.8, 4) is 5.75 Å². The lowest BCUT2D eigenvalue weighted by atomic mass is 9.71. The Hall–Kier alpha value is -1.65. The van der Waals surface area contributed by atoms with Crippen LogP contribution in [0.15, 0.2) is 30.5 Å². The Morgan fingerprint density at radius 3 is 3.00 bits per heavy atom. The maximum Gasteiger partial charge on any atom is 0.116 e. The van der Waals surface area contributed by atoms with Gasteiger partial charge in [0.25, 0.3) is 0 Å². The Kier molecular flexibility index (Phi) is 3.10. The minimum atomic E-state index is 0.0892. The number of benzene rings is 1. The molecular formula is C19H22N2O2. The molecule has 0 spiro atoms. The zero-order valence-electron chi connectivity index (χ0n) is 13.2. The molecule has 1 aromatic heterocycles. The predicted octanol–water partition coefficient (Wildman–Crippen LogP) is 3.11. The van der Waals surface area contributed by atoms with Crippen molar-refractivity contribution >= 4 is 10.9 Å². The van der Waals surface area contributed by atoms with Crippen molar-refractivity contribution in [1.82, 2.24) is 9.88 Å². The van der Waals surface area contributed by atoms with Crippen LogP contribution in [0, 0.1) is 11.8 Å². The third-order valence-corrected chi connectivity index (χ3v) is 6.14. The summed E-state index contributed by atoms with van der Waals surface area (Å²) in [6.07, 6.45) is 5.74. The first kappa shape index (κ1) is 13.8. The summed E-state index contributed by atoms with van der Waals surface area (Å²) in [6, 6.07) is 7.97. The Balaban J connectivity index is 1.61. The summed E-state index contributed by atoms with van der Waals surface area (Å²) in [7, 11) is 0. The Morgan fingerprint density at radius 2 is 2.13 bits per heavy atom. The maximum absolute atomic E-state index is 9.91. The number of phenols is 1. The summed E-state index contributed by atoms with van der Waals surface area (Å²) in [5, 5.41) is 10.9. The topological polar surface area (TPSA) is 45.6 Å². The first-order valence-corrected chi connectivity index (χ1v) is 8.73. The Morgan fingerprint density at radius 1 is 1.17 bits per heavy atom. The molecule has 3 unspecified atom stereocenters. The van der Waals surface area contributed by atoms with Gasteiger partial charge >= 0.3 is 0 Å². The zero-order valence-corrected chi connectivity index (χ0v) is 13.2. The molecule has 0 saturated carbocycles. The van der Waals surface area contributed by atoms with Gasteiger partial charge in [-0.3, -0.25) is 9.88 Å². The number of piperidine rings is 3. The van der Waals surface area contributed by atoms with E-state index in [2.05, 4.69) is 16.0 Å². The summed E-state index contributed by atoms with van der Waals surface area (Å²) in [6.45, 7) is 3.29. The molecule has 1 aromatic carbocycles. The fraction of sp³-hybridized carbons (Fsp3) is 0.526. The molecule has 5 saturated heterocycles. The summed E-state index contributed by atoms with van der Waals surface area (Å²) >= 11 is 0. The maximum atomic E-state index is 9.91. The van der Waals surface area contributed by atoms with Gasteiger partial charge in [-0.1, -0.05) is 0 Å². The molecule has 5 aliphatic rings. The summed E-state index contributed by atoms with van der Waals surface area (Å²) < 4.78 is 6.35. The van der Waals surface area contributed by atoms with Gasteiger partial charge in [-0.15, -0.1) is 0 Å². The van der Waals surface area contributed by atoms with E-state index in [-0.39, 0.29) is 6.10 Å². The van der Waals surface area contributed by atoms with E-state index in [0.717, 1.165) is 29.3 Å². The van der Waals surface area contributed by atoms with Gasteiger partial charge < -0.3 is 9.84 Å². The van der Waals surface area contributed by atoms with E-state index in [4.69, 9.17) is 4.74 Å². The van der Waals surface area contributed by atoms with Gasteiger partial charge in [0.2, 0.25) is 0 Å². The van der Waals surface area contributed by atoms with E-state index in [0.29, 0.717) is 11.8 Å². The highest BCUT2D eigenvalue weighted by atomic mass is 16.5. The second-order valence-corrected chi connectivity index (χ2v) is 7.29. The largest absolute Gasteiger partial charge is 0.508 e. The lowest BCUT2D eigenvalue weighted by Crippen LogP contribution is -2.57. The molecule has 4 bridgehead atoms. The molecule has 4 heteroatoms. The van der Waals surface area contributed by atoms with Crippen LogP contribution in [0.4, 0.5) is 0 Å². The molecule has 1 N–H and O–H groups in total. The van der Waals surface area contributed by atoms with Crippen molar-refractivity contribution in [3.05, 3.63) is 36.0 Å². The quantitative estimate of drug-likeness (QED) is 0.879. The number of aromatic hydroxyl groups is 1. The lowest BCUT2D eigenvalue weighted by Gasteiger charge is -2.54. The van der Waals surface area contributed by atoms with Gasteiger partial charge in [-0.05, 0) is 67.5 Å².